The molecule has 3 aromatic heterocycles. The van der Waals surface area contributed by atoms with Crippen LogP contribution in [0.15, 0.2) is 17.8 Å². The topological polar surface area (TPSA) is 47.1 Å². The molecule has 0 aliphatic carbocycles. The fraction of sp³-hybridized carbons (Fsp3) is 0.429. The lowest BCUT2D eigenvalue weighted by molar-refractivity contribution is 0.666. The van der Waals surface area contributed by atoms with Crippen molar-refractivity contribution in [1.82, 2.24) is 24.5 Å². The van der Waals surface area contributed by atoms with Gasteiger partial charge in [0.2, 0.25) is 0 Å². The van der Waals surface area contributed by atoms with Crippen LogP contribution in [0.2, 0.25) is 0 Å². The van der Waals surface area contributed by atoms with E-state index in [9.17, 15) is 0 Å². The summed E-state index contributed by atoms with van der Waals surface area (Å²) >= 11 is 1.70. The van der Waals surface area contributed by atoms with Gasteiger partial charge in [0.05, 0.1) is 17.6 Å². The highest BCUT2D eigenvalue weighted by Crippen LogP contribution is 2.20. The van der Waals surface area contributed by atoms with Gasteiger partial charge in [-0.1, -0.05) is 0 Å². The third-order valence-corrected chi connectivity index (χ3v) is 4.41. The number of rotatable bonds is 5. The quantitative estimate of drug-likeness (QED) is 0.732. The maximum atomic E-state index is 4.60. The summed E-state index contributed by atoms with van der Waals surface area (Å²) in [7, 11) is 1.95. The zero-order valence-corrected chi connectivity index (χ0v) is 12.9. The van der Waals surface area contributed by atoms with E-state index < -0.39 is 0 Å². The lowest BCUT2D eigenvalue weighted by atomic mass is 10.2. The second-order valence-electron chi connectivity index (χ2n) is 5.09. The van der Waals surface area contributed by atoms with Gasteiger partial charge in [-0.15, -0.1) is 11.3 Å². The second kappa shape index (κ2) is 5.38. The highest BCUT2D eigenvalue weighted by atomic mass is 32.1. The van der Waals surface area contributed by atoms with Crippen molar-refractivity contribution in [3.63, 3.8) is 0 Å². The lowest BCUT2D eigenvalue weighted by Crippen LogP contribution is -2.18. The number of imidazole rings is 1. The minimum absolute atomic E-state index is 0.852. The van der Waals surface area contributed by atoms with Crippen molar-refractivity contribution in [1.29, 1.82) is 0 Å². The molecule has 0 aromatic carbocycles. The molecular formula is C14H19N5S. The molecule has 0 bridgehead atoms. The Bertz CT molecular complexity index is 721. The number of nitrogens with one attached hydrogen (secondary N) is 1. The van der Waals surface area contributed by atoms with Gasteiger partial charge in [0, 0.05) is 30.9 Å². The van der Waals surface area contributed by atoms with E-state index in [0.717, 1.165) is 30.2 Å². The van der Waals surface area contributed by atoms with Gasteiger partial charge in [-0.05, 0) is 32.4 Å². The third-order valence-electron chi connectivity index (χ3n) is 3.47. The summed E-state index contributed by atoms with van der Waals surface area (Å²) < 4.78 is 4.09. The lowest BCUT2D eigenvalue weighted by Gasteiger charge is -2.05. The largest absolute Gasteiger partial charge is 0.311 e. The van der Waals surface area contributed by atoms with Crippen molar-refractivity contribution in [2.24, 2.45) is 7.05 Å². The standard InChI is InChI=1S/C14H19N5S/c1-10-9-20-14-17-11(2)13(19(10)14)7-15-5-4-12-6-16-18(3)8-12/h6,8-9,15H,4-5,7H2,1-3H3. The predicted octanol–water partition coefficient (Wildman–Crippen LogP) is 2.08. The van der Waals surface area contributed by atoms with Crippen LogP contribution in [0.4, 0.5) is 0 Å². The highest BCUT2D eigenvalue weighted by molar-refractivity contribution is 7.15. The van der Waals surface area contributed by atoms with Gasteiger partial charge in [0.1, 0.15) is 0 Å². The van der Waals surface area contributed by atoms with Gasteiger partial charge in [0.25, 0.3) is 0 Å². The molecule has 20 heavy (non-hydrogen) atoms. The fourth-order valence-corrected chi connectivity index (χ4v) is 3.35. The number of hydrogen-bond donors (Lipinski definition) is 1. The van der Waals surface area contributed by atoms with Crippen molar-refractivity contribution >= 4 is 16.3 Å². The van der Waals surface area contributed by atoms with Crippen molar-refractivity contribution in [3.8, 4) is 0 Å². The maximum absolute atomic E-state index is 4.60. The number of thiazole rings is 1. The summed E-state index contributed by atoms with van der Waals surface area (Å²) in [5.41, 5.74) is 4.91. The van der Waals surface area contributed by atoms with E-state index in [1.54, 1.807) is 11.3 Å². The molecule has 0 fully saturated rings. The molecule has 0 amide bonds. The smallest absolute Gasteiger partial charge is 0.194 e. The fourth-order valence-electron chi connectivity index (χ4n) is 2.42. The normalized spacial score (nSPS) is 11.6. The zero-order valence-electron chi connectivity index (χ0n) is 12.1. The molecule has 0 spiro atoms. The Morgan fingerprint density at radius 3 is 2.95 bits per heavy atom. The predicted molar refractivity (Wildman–Crippen MR) is 81.2 cm³/mol. The van der Waals surface area contributed by atoms with Crippen LogP contribution in [0.25, 0.3) is 4.96 Å². The molecule has 3 rings (SSSR count). The molecule has 1 N–H and O–H groups in total. The first kappa shape index (κ1) is 13.3. The molecule has 5 nitrogen and oxygen atoms in total. The minimum atomic E-state index is 0.852. The van der Waals surface area contributed by atoms with Crippen LogP contribution in [0.3, 0.4) is 0 Å². The summed E-state index contributed by atoms with van der Waals surface area (Å²) in [5, 5.41) is 9.84. The first-order valence-corrected chi connectivity index (χ1v) is 7.63. The summed E-state index contributed by atoms with van der Waals surface area (Å²) in [4.78, 5) is 5.69. The molecule has 0 aliphatic rings. The van der Waals surface area contributed by atoms with Crippen molar-refractivity contribution in [3.05, 3.63) is 40.4 Å². The van der Waals surface area contributed by atoms with E-state index in [-0.39, 0.29) is 0 Å². The Kier molecular flexibility index (Phi) is 3.58. The molecule has 3 aromatic rings. The molecule has 3 heterocycles. The monoisotopic (exact) mass is 289 g/mol. The van der Waals surface area contributed by atoms with E-state index in [2.05, 4.69) is 45.2 Å². The van der Waals surface area contributed by atoms with Gasteiger partial charge in [-0.25, -0.2) is 4.98 Å². The van der Waals surface area contributed by atoms with E-state index >= 15 is 0 Å². The molecule has 6 heteroatoms. The Balaban J connectivity index is 1.62. The van der Waals surface area contributed by atoms with Crippen molar-refractivity contribution < 1.29 is 0 Å². The van der Waals surface area contributed by atoms with Crippen LogP contribution in [-0.2, 0) is 20.0 Å². The second-order valence-corrected chi connectivity index (χ2v) is 5.92. The van der Waals surface area contributed by atoms with Crippen LogP contribution < -0.4 is 5.32 Å². The summed E-state index contributed by atoms with van der Waals surface area (Å²) in [5.74, 6) is 0. The van der Waals surface area contributed by atoms with Crippen LogP contribution in [0, 0.1) is 13.8 Å². The first-order chi connectivity index (χ1) is 9.65. The van der Waals surface area contributed by atoms with Gasteiger partial charge in [-0.2, -0.15) is 5.10 Å². The highest BCUT2D eigenvalue weighted by Gasteiger charge is 2.11. The number of fused-ring (bicyclic) bond motifs is 1. The van der Waals surface area contributed by atoms with Gasteiger partial charge in [0.15, 0.2) is 4.96 Å². The number of hydrogen-bond acceptors (Lipinski definition) is 4. The number of aromatic nitrogens is 4. The summed E-state index contributed by atoms with van der Waals surface area (Å²) in [6.07, 6.45) is 4.98. The Morgan fingerprint density at radius 1 is 1.35 bits per heavy atom. The summed E-state index contributed by atoms with van der Waals surface area (Å²) in [6, 6.07) is 0. The third kappa shape index (κ3) is 2.48. The van der Waals surface area contributed by atoms with Gasteiger partial charge < -0.3 is 5.32 Å². The van der Waals surface area contributed by atoms with Crippen LogP contribution in [0.1, 0.15) is 22.6 Å². The van der Waals surface area contributed by atoms with E-state index in [0.29, 0.717) is 0 Å². The Hall–Kier alpha value is -1.66. The van der Waals surface area contributed by atoms with Gasteiger partial charge in [-0.3, -0.25) is 9.08 Å². The van der Waals surface area contributed by atoms with Crippen molar-refractivity contribution in [2.75, 3.05) is 6.54 Å². The van der Waals surface area contributed by atoms with Crippen LogP contribution in [0.5, 0.6) is 0 Å². The van der Waals surface area contributed by atoms with E-state index in [1.807, 2.05) is 17.9 Å². The van der Waals surface area contributed by atoms with Crippen LogP contribution >= 0.6 is 11.3 Å². The molecule has 0 atom stereocenters. The number of nitrogens with zero attached hydrogens (tertiary/aromatic N) is 4. The molecule has 0 aliphatic heterocycles. The molecular weight excluding hydrogens is 270 g/mol. The maximum Gasteiger partial charge on any atom is 0.194 e. The van der Waals surface area contributed by atoms with Crippen LogP contribution in [-0.4, -0.2) is 25.7 Å². The number of aryl methyl sites for hydroxylation is 3. The molecule has 0 saturated heterocycles. The molecule has 0 saturated carbocycles. The Labute approximate surface area is 122 Å². The molecule has 0 radical (unpaired) electrons. The Morgan fingerprint density at radius 2 is 2.20 bits per heavy atom. The average Bonchev–Trinajstić information content (AvgIpc) is 3.05. The molecule has 0 unspecified atom stereocenters. The summed E-state index contributed by atoms with van der Waals surface area (Å²) in [6.45, 7) is 6.01. The van der Waals surface area contributed by atoms with E-state index in [1.165, 1.54) is 17.0 Å². The molecule has 106 valence electrons. The average molecular weight is 289 g/mol. The SMILES string of the molecule is Cc1nc2scc(C)n2c1CNCCc1cnn(C)c1. The zero-order chi connectivity index (χ0) is 14.1. The van der Waals surface area contributed by atoms with Crippen molar-refractivity contribution in [2.45, 2.75) is 26.8 Å². The minimum Gasteiger partial charge on any atom is -0.311 e. The first-order valence-electron chi connectivity index (χ1n) is 6.75. The van der Waals surface area contributed by atoms with Gasteiger partial charge >= 0.3 is 0 Å². The van der Waals surface area contributed by atoms with E-state index in [4.69, 9.17) is 0 Å².